The Morgan fingerprint density at radius 2 is 2.47 bits per heavy atom. The van der Waals surface area contributed by atoms with Crippen LogP contribution in [0.15, 0.2) is 17.2 Å². The normalized spacial score (nSPS) is 10.7. The first-order valence-electron chi connectivity index (χ1n) is 4.59. The lowest BCUT2D eigenvalue weighted by atomic mass is 10.4. The van der Waals surface area contributed by atoms with E-state index < -0.39 is 0 Å². The molecule has 0 amide bonds. The van der Waals surface area contributed by atoms with Gasteiger partial charge >= 0.3 is 5.69 Å². The molecule has 2 heterocycles. The highest BCUT2D eigenvalue weighted by Gasteiger charge is 2.01. The Balaban J connectivity index is 2.20. The predicted molar refractivity (Wildman–Crippen MR) is 53.8 cm³/mol. The Labute approximate surface area is 84.8 Å². The number of aliphatic hydroxyl groups is 1. The third-order valence-corrected chi connectivity index (χ3v) is 1.95. The van der Waals surface area contributed by atoms with E-state index in [2.05, 4.69) is 20.5 Å². The minimum atomic E-state index is -0.306. The van der Waals surface area contributed by atoms with Crippen LogP contribution in [0.2, 0.25) is 0 Å². The van der Waals surface area contributed by atoms with E-state index in [0.717, 1.165) is 0 Å². The Morgan fingerprint density at radius 3 is 3.27 bits per heavy atom. The number of fused-ring (bicyclic) bond motifs is 1. The fourth-order valence-electron chi connectivity index (χ4n) is 1.20. The molecule has 0 radical (unpaired) electrons. The van der Waals surface area contributed by atoms with Crippen LogP contribution in [0.4, 0.5) is 5.82 Å². The van der Waals surface area contributed by atoms with Gasteiger partial charge in [-0.2, -0.15) is 5.10 Å². The molecule has 2 aromatic heterocycles. The van der Waals surface area contributed by atoms with Gasteiger partial charge in [0.25, 0.3) is 0 Å². The van der Waals surface area contributed by atoms with Crippen molar-refractivity contribution in [3.63, 3.8) is 0 Å². The predicted octanol–water partition coefficient (Wildman–Crippen LogP) is -0.788. The quantitative estimate of drug-likeness (QED) is 0.574. The van der Waals surface area contributed by atoms with Gasteiger partial charge in [0.2, 0.25) is 0 Å². The van der Waals surface area contributed by atoms with E-state index in [1.54, 1.807) is 6.07 Å². The zero-order chi connectivity index (χ0) is 10.7. The van der Waals surface area contributed by atoms with Gasteiger partial charge in [0.15, 0.2) is 5.65 Å². The van der Waals surface area contributed by atoms with Crippen molar-refractivity contribution in [3.8, 4) is 0 Å². The molecule has 0 aromatic carbocycles. The second kappa shape index (κ2) is 4.09. The number of aromatic amines is 1. The van der Waals surface area contributed by atoms with Crippen LogP contribution in [0, 0.1) is 0 Å². The minimum Gasteiger partial charge on any atom is -0.396 e. The smallest absolute Gasteiger partial charge is 0.348 e. The molecule has 0 fully saturated rings. The fraction of sp³-hybridized carbons (Fsp3) is 0.375. The summed E-state index contributed by atoms with van der Waals surface area (Å²) in [4.78, 5) is 15.1. The number of hydrogen-bond donors (Lipinski definition) is 3. The lowest BCUT2D eigenvalue weighted by molar-refractivity contribution is 0.292. The Kier molecular flexibility index (Phi) is 2.64. The number of aromatic nitrogens is 4. The van der Waals surface area contributed by atoms with Gasteiger partial charge in [-0.05, 0) is 6.42 Å². The maximum Gasteiger partial charge on any atom is 0.348 e. The van der Waals surface area contributed by atoms with Crippen molar-refractivity contribution < 1.29 is 5.11 Å². The SMILES string of the molecule is O=c1[nH]nc2cc(NCCCO)ncn12. The molecule has 2 rings (SSSR count). The summed E-state index contributed by atoms with van der Waals surface area (Å²) in [5.74, 6) is 0.634. The van der Waals surface area contributed by atoms with Gasteiger partial charge in [0, 0.05) is 19.2 Å². The van der Waals surface area contributed by atoms with E-state index in [1.807, 2.05) is 0 Å². The van der Waals surface area contributed by atoms with E-state index in [-0.39, 0.29) is 12.3 Å². The number of rotatable bonds is 4. The van der Waals surface area contributed by atoms with Crippen LogP contribution in [0.1, 0.15) is 6.42 Å². The van der Waals surface area contributed by atoms with E-state index in [4.69, 9.17) is 5.11 Å². The van der Waals surface area contributed by atoms with Crippen molar-refractivity contribution in [2.45, 2.75) is 6.42 Å². The topological polar surface area (TPSA) is 95.3 Å². The zero-order valence-electron chi connectivity index (χ0n) is 7.97. The summed E-state index contributed by atoms with van der Waals surface area (Å²) in [6.45, 7) is 0.769. The molecule has 7 heteroatoms. The molecule has 7 nitrogen and oxygen atoms in total. The van der Waals surface area contributed by atoms with Gasteiger partial charge < -0.3 is 10.4 Å². The number of H-pyrrole nitrogens is 1. The average molecular weight is 209 g/mol. The minimum absolute atomic E-state index is 0.136. The van der Waals surface area contributed by atoms with Crippen LogP contribution >= 0.6 is 0 Å². The summed E-state index contributed by atoms with van der Waals surface area (Å²) in [6.07, 6.45) is 2.06. The molecule has 0 atom stereocenters. The zero-order valence-corrected chi connectivity index (χ0v) is 7.97. The number of hydrogen-bond acceptors (Lipinski definition) is 5. The molecule has 0 saturated carbocycles. The highest BCUT2D eigenvalue weighted by Crippen LogP contribution is 2.03. The second-order valence-electron chi connectivity index (χ2n) is 3.04. The number of nitrogens with zero attached hydrogens (tertiary/aromatic N) is 3. The second-order valence-corrected chi connectivity index (χ2v) is 3.04. The van der Waals surface area contributed by atoms with Gasteiger partial charge in [0.1, 0.15) is 12.1 Å². The molecule has 0 aliphatic rings. The van der Waals surface area contributed by atoms with Crippen LogP contribution in [-0.2, 0) is 0 Å². The third kappa shape index (κ3) is 1.96. The Bertz CT molecular complexity index is 503. The lowest BCUT2D eigenvalue weighted by Crippen LogP contribution is -2.11. The molecule has 0 unspecified atom stereocenters. The van der Waals surface area contributed by atoms with Crippen molar-refractivity contribution in [3.05, 3.63) is 22.9 Å². The van der Waals surface area contributed by atoms with Crippen molar-refractivity contribution >= 4 is 11.5 Å². The standard InChI is InChI=1S/C8H11N5O2/c14-3-1-2-9-6-4-7-11-12-8(15)13(7)5-10-6/h4-5,9,14H,1-3H2,(H,12,15). The van der Waals surface area contributed by atoms with Crippen LogP contribution in [0.5, 0.6) is 0 Å². The molecule has 80 valence electrons. The summed E-state index contributed by atoms with van der Waals surface area (Å²) in [5, 5.41) is 17.7. The summed E-state index contributed by atoms with van der Waals surface area (Å²) in [7, 11) is 0. The van der Waals surface area contributed by atoms with Gasteiger partial charge in [-0.1, -0.05) is 0 Å². The van der Waals surface area contributed by atoms with Crippen molar-refractivity contribution in [2.75, 3.05) is 18.5 Å². The summed E-state index contributed by atoms with van der Waals surface area (Å²) >= 11 is 0. The third-order valence-electron chi connectivity index (χ3n) is 1.95. The average Bonchev–Trinajstić information content (AvgIpc) is 2.61. The molecule has 3 N–H and O–H groups in total. The van der Waals surface area contributed by atoms with Crippen molar-refractivity contribution in [1.29, 1.82) is 0 Å². The highest BCUT2D eigenvalue weighted by molar-refractivity contribution is 5.48. The maximum atomic E-state index is 11.1. The van der Waals surface area contributed by atoms with Crippen LogP contribution in [-0.4, -0.2) is 37.8 Å². The summed E-state index contributed by atoms with van der Waals surface area (Å²) < 4.78 is 1.32. The molecule has 0 aliphatic heterocycles. The molecule has 0 aliphatic carbocycles. The number of nitrogens with one attached hydrogen (secondary N) is 2. The number of aliphatic hydroxyl groups excluding tert-OH is 1. The van der Waals surface area contributed by atoms with E-state index in [9.17, 15) is 4.79 Å². The largest absolute Gasteiger partial charge is 0.396 e. The lowest BCUT2D eigenvalue weighted by Gasteiger charge is -2.03. The number of anilines is 1. The van der Waals surface area contributed by atoms with Crippen LogP contribution < -0.4 is 11.0 Å². The van der Waals surface area contributed by atoms with Gasteiger partial charge in [-0.15, -0.1) is 0 Å². The van der Waals surface area contributed by atoms with Gasteiger partial charge in [-0.25, -0.2) is 19.3 Å². The van der Waals surface area contributed by atoms with E-state index in [1.165, 1.54) is 10.7 Å². The first kappa shape index (κ1) is 9.66. The van der Waals surface area contributed by atoms with Crippen LogP contribution in [0.25, 0.3) is 5.65 Å². The van der Waals surface area contributed by atoms with Crippen molar-refractivity contribution in [2.24, 2.45) is 0 Å². The van der Waals surface area contributed by atoms with E-state index in [0.29, 0.717) is 24.4 Å². The molecular formula is C8H11N5O2. The van der Waals surface area contributed by atoms with Crippen LogP contribution in [0.3, 0.4) is 0 Å². The molecule has 0 spiro atoms. The molecule has 2 aromatic rings. The van der Waals surface area contributed by atoms with Gasteiger partial charge in [0.05, 0.1) is 0 Å². The first-order valence-corrected chi connectivity index (χ1v) is 4.59. The summed E-state index contributed by atoms with van der Waals surface area (Å²) in [5.41, 5.74) is 0.209. The summed E-state index contributed by atoms with van der Waals surface area (Å²) in [6, 6.07) is 1.66. The van der Waals surface area contributed by atoms with Gasteiger partial charge in [-0.3, -0.25) is 0 Å². The molecule has 0 saturated heterocycles. The van der Waals surface area contributed by atoms with Crippen molar-refractivity contribution in [1.82, 2.24) is 19.6 Å². The molecule has 0 bridgehead atoms. The Morgan fingerprint density at radius 1 is 1.60 bits per heavy atom. The first-order chi connectivity index (χ1) is 7.31. The van der Waals surface area contributed by atoms with E-state index >= 15 is 0 Å². The maximum absolute atomic E-state index is 11.1. The Hall–Kier alpha value is -1.89. The molecule has 15 heavy (non-hydrogen) atoms. The monoisotopic (exact) mass is 209 g/mol. The highest BCUT2D eigenvalue weighted by atomic mass is 16.3. The fourth-order valence-corrected chi connectivity index (χ4v) is 1.20. The molecular weight excluding hydrogens is 198 g/mol.